The summed E-state index contributed by atoms with van der Waals surface area (Å²) in [6, 6.07) is 5.59. The molecular formula is C15H23N3O2. The van der Waals surface area contributed by atoms with Crippen molar-refractivity contribution in [2.45, 2.75) is 31.4 Å². The lowest BCUT2D eigenvalue weighted by Crippen LogP contribution is -2.34. The number of benzene rings is 1. The normalized spacial score (nSPS) is 21.8. The fourth-order valence-corrected chi connectivity index (χ4v) is 2.67. The number of methoxy groups -OCH3 is 1. The molecule has 2 atom stereocenters. The zero-order valence-corrected chi connectivity index (χ0v) is 12.3. The van der Waals surface area contributed by atoms with Gasteiger partial charge in [-0.2, -0.15) is 0 Å². The number of hydrogen-bond acceptors (Lipinski definition) is 4. The molecule has 1 amide bonds. The maximum Gasteiger partial charge on any atom is 0.253 e. The molecule has 1 aliphatic carbocycles. The molecule has 2 rings (SSSR count). The fraction of sp³-hybridized carbons (Fsp3) is 0.533. The van der Waals surface area contributed by atoms with E-state index in [1.807, 2.05) is 31.1 Å². The minimum Gasteiger partial charge on any atom is -0.399 e. The Kier molecular flexibility index (Phi) is 4.49. The van der Waals surface area contributed by atoms with E-state index in [1.54, 1.807) is 13.2 Å². The number of nitrogen functional groups attached to an aromatic ring is 1. The van der Waals surface area contributed by atoms with E-state index < -0.39 is 0 Å². The molecule has 1 aliphatic rings. The first kappa shape index (κ1) is 14.7. The molecule has 3 N–H and O–H groups in total. The molecule has 0 saturated heterocycles. The Morgan fingerprint density at radius 3 is 2.75 bits per heavy atom. The van der Waals surface area contributed by atoms with Gasteiger partial charge in [-0.25, -0.2) is 0 Å². The Morgan fingerprint density at radius 1 is 1.40 bits per heavy atom. The molecule has 1 fully saturated rings. The summed E-state index contributed by atoms with van der Waals surface area (Å²) in [5.41, 5.74) is 7.89. The lowest BCUT2D eigenvalue weighted by molar-refractivity contribution is 0.0915. The van der Waals surface area contributed by atoms with Crippen LogP contribution in [0.1, 0.15) is 29.6 Å². The van der Waals surface area contributed by atoms with Gasteiger partial charge in [0.1, 0.15) is 0 Å². The minimum atomic E-state index is -0.0669. The van der Waals surface area contributed by atoms with E-state index in [0.717, 1.165) is 24.9 Å². The van der Waals surface area contributed by atoms with Crippen molar-refractivity contribution in [2.24, 2.45) is 0 Å². The summed E-state index contributed by atoms with van der Waals surface area (Å²) in [6.07, 6.45) is 3.10. The predicted molar refractivity (Wildman–Crippen MR) is 81.1 cm³/mol. The van der Waals surface area contributed by atoms with E-state index in [4.69, 9.17) is 10.5 Å². The van der Waals surface area contributed by atoms with Crippen LogP contribution < -0.4 is 16.0 Å². The molecule has 110 valence electrons. The van der Waals surface area contributed by atoms with E-state index in [-0.39, 0.29) is 18.1 Å². The van der Waals surface area contributed by atoms with Crippen LogP contribution in [-0.2, 0) is 4.74 Å². The van der Waals surface area contributed by atoms with Crippen molar-refractivity contribution in [3.05, 3.63) is 23.8 Å². The Balaban J connectivity index is 2.11. The molecule has 0 radical (unpaired) electrons. The monoisotopic (exact) mass is 277 g/mol. The lowest BCUT2D eigenvalue weighted by Gasteiger charge is -2.19. The zero-order valence-electron chi connectivity index (χ0n) is 12.3. The summed E-state index contributed by atoms with van der Waals surface area (Å²) in [7, 11) is 5.55. The van der Waals surface area contributed by atoms with Crippen molar-refractivity contribution in [3.63, 3.8) is 0 Å². The molecular weight excluding hydrogens is 254 g/mol. The number of amides is 1. The largest absolute Gasteiger partial charge is 0.399 e. The van der Waals surface area contributed by atoms with Crippen LogP contribution in [0.3, 0.4) is 0 Å². The third-order valence-corrected chi connectivity index (χ3v) is 3.80. The summed E-state index contributed by atoms with van der Waals surface area (Å²) in [5.74, 6) is -0.0669. The highest BCUT2D eigenvalue weighted by Crippen LogP contribution is 2.24. The van der Waals surface area contributed by atoms with Gasteiger partial charge in [0.05, 0.1) is 11.7 Å². The van der Waals surface area contributed by atoms with Crippen LogP contribution in [0.4, 0.5) is 11.4 Å². The van der Waals surface area contributed by atoms with Gasteiger partial charge in [0.25, 0.3) is 5.91 Å². The van der Waals surface area contributed by atoms with Crippen molar-refractivity contribution in [3.8, 4) is 0 Å². The number of ether oxygens (including phenoxy) is 1. The molecule has 0 bridgehead atoms. The van der Waals surface area contributed by atoms with E-state index in [0.29, 0.717) is 11.3 Å². The number of nitrogens with one attached hydrogen (secondary N) is 1. The van der Waals surface area contributed by atoms with Gasteiger partial charge in [0.15, 0.2) is 0 Å². The van der Waals surface area contributed by atoms with Gasteiger partial charge < -0.3 is 20.7 Å². The molecule has 1 saturated carbocycles. The highest BCUT2D eigenvalue weighted by Gasteiger charge is 2.26. The summed E-state index contributed by atoms with van der Waals surface area (Å²) in [5, 5.41) is 3.08. The van der Waals surface area contributed by atoms with Crippen molar-refractivity contribution in [2.75, 3.05) is 31.8 Å². The lowest BCUT2D eigenvalue weighted by atomic mass is 10.1. The summed E-state index contributed by atoms with van der Waals surface area (Å²) < 4.78 is 5.33. The highest BCUT2D eigenvalue weighted by molar-refractivity contribution is 6.00. The van der Waals surface area contributed by atoms with Gasteiger partial charge in [0, 0.05) is 38.6 Å². The fourth-order valence-electron chi connectivity index (χ4n) is 2.67. The third-order valence-electron chi connectivity index (χ3n) is 3.80. The van der Waals surface area contributed by atoms with Crippen molar-refractivity contribution in [1.29, 1.82) is 0 Å². The number of nitrogens with two attached hydrogens (primary N) is 1. The average Bonchev–Trinajstić information content (AvgIpc) is 2.85. The van der Waals surface area contributed by atoms with Gasteiger partial charge in [-0.15, -0.1) is 0 Å². The molecule has 5 nitrogen and oxygen atoms in total. The first-order valence-corrected chi connectivity index (χ1v) is 6.91. The Bertz CT molecular complexity index is 488. The molecule has 20 heavy (non-hydrogen) atoms. The van der Waals surface area contributed by atoms with E-state index in [1.165, 1.54) is 0 Å². The number of anilines is 2. The summed E-state index contributed by atoms with van der Waals surface area (Å²) in [4.78, 5) is 14.4. The van der Waals surface area contributed by atoms with Crippen LogP contribution in [0.2, 0.25) is 0 Å². The summed E-state index contributed by atoms with van der Waals surface area (Å²) in [6.45, 7) is 0. The predicted octanol–water partition coefficient (Wildman–Crippen LogP) is 1.63. The smallest absolute Gasteiger partial charge is 0.253 e. The third kappa shape index (κ3) is 3.22. The SMILES string of the molecule is COC1CCC(NC(=O)c2cc(N)ccc2N(C)C)C1. The van der Waals surface area contributed by atoms with Crippen molar-refractivity contribution >= 4 is 17.3 Å². The number of carbonyl (C=O) groups is 1. The Labute approximate surface area is 120 Å². The minimum absolute atomic E-state index is 0.0669. The zero-order chi connectivity index (χ0) is 14.7. The molecule has 0 heterocycles. The maximum atomic E-state index is 12.4. The number of carbonyl (C=O) groups excluding carboxylic acids is 1. The van der Waals surface area contributed by atoms with Gasteiger partial charge in [0.2, 0.25) is 0 Å². The molecule has 0 aliphatic heterocycles. The number of hydrogen-bond donors (Lipinski definition) is 2. The van der Waals surface area contributed by atoms with Gasteiger partial charge in [-0.3, -0.25) is 4.79 Å². The molecule has 1 aromatic rings. The van der Waals surface area contributed by atoms with Crippen LogP contribution in [0.5, 0.6) is 0 Å². The second kappa shape index (κ2) is 6.13. The van der Waals surface area contributed by atoms with E-state index >= 15 is 0 Å². The van der Waals surface area contributed by atoms with E-state index in [9.17, 15) is 4.79 Å². The van der Waals surface area contributed by atoms with Crippen LogP contribution in [0.15, 0.2) is 18.2 Å². The Morgan fingerprint density at radius 2 is 2.15 bits per heavy atom. The standard InChI is InChI=1S/C15H23N3O2/c1-18(2)14-7-4-10(16)8-13(14)15(19)17-11-5-6-12(9-11)20-3/h4,7-8,11-12H,5-6,9,16H2,1-3H3,(H,17,19). The van der Waals surface area contributed by atoms with Crippen molar-refractivity contribution in [1.82, 2.24) is 5.32 Å². The van der Waals surface area contributed by atoms with Gasteiger partial charge >= 0.3 is 0 Å². The second-order valence-corrected chi connectivity index (χ2v) is 5.51. The first-order valence-electron chi connectivity index (χ1n) is 6.91. The highest BCUT2D eigenvalue weighted by atomic mass is 16.5. The maximum absolute atomic E-state index is 12.4. The van der Waals surface area contributed by atoms with Gasteiger partial charge in [-0.1, -0.05) is 0 Å². The average molecular weight is 277 g/mol. The quantitative estimate of drug-likeness (QED) is 0.821. The number of rotatable bonds is 4. The summed E-state index contributed by atoms with van der Waals surface area (Å²) >= 11 is 0. The molecule has 0 spiro atoms. The van der Waals surface area contributed by atoms with Gasteiger partial charge in [-0.05, 0) is 37.5 Å². The topological polar surface area (TPSA) is 67.6 Å². The number of nitrogens with zero attached hydrogens (tertiary/aromatic N) is 1. The molecule has 1 aromatic carbocycles. The molecule has 0 aromatic heterocycles. The van der Waals surface area contributed by atoms with Crippen molar-refractivity contribution < 1.29 is 9.53 Å². The Hall–Kier alpha value is -1.75. The molecule has 2 unspecified atom stereocenters. The van der Waals surface area contributed by atoms with Crippen LogP contribution >= 0.6 is 0 Å². The second-order valence-electron chi connectivity index (χ2n) is 5.51. The first-order chi connectivity index (χ1) is 9.51. The van der Waals surface area contributed by atoms with E-state index in [2.05, 4.69) is 5.32 Å². The van der Waals surface area contributed by atoms with Crippen LogP contribution in [0, 0.1) is 0 Å². The molecule has 5 heteroatoms. The van der Waals surface area contributed by atoms with Crippen LogP contribution in [0.25, 0.3) is 0 Å². The van der Waals surface area contributed by atoms with Crippen LogP contribution in [-0.4, -0.2) is 39.3 Å².